The van der Waals surface area contributed by atoms with Crippen molar-refractivity contribution in [2.45, 2.75) is 49.7 Å². The first-order chi connectivity index (χ1) is 15.9. The summed E-state index contributed by atoms with van der Waals surface area (Å²) < 4.78 is 27.6. The monoisotopic (exact) mass is 468 g/mol. The minimum absolute atomic E-state index is 0.0307. The molecule has 11 heteroatoms. The quantitative estimate of drug-likeness (QED) is 0.365. The van der Waals surface area contributed by atoms with Gasteiger partial charge in [-0.05, 0) is 31.1 Å². The Morgan fingerprint density at radius 2 is 2.00 bits per heavy atom. The van der Waals surface area contributed by atoms with Crippen molar-refractivity contribution in [1.29, 1.82) is 0 Å². The summed E-state index contributed by atoms with van der Waals surface area (Å²) in [6, 6.07) is 0. The van der Waals surface area contributed by atoms with Gasteiger partial charge in [0.25, 0.3) is 0 Å². The molecule has 4 rings (SSSR count). The lowest BCUT2D eigenvalue weighted by atomic mass is 9.92. The number of ketones is 1. The number of hydrogen-bond acceptors (Lipinski definition) is 11. The van der Waals surface area contributed by atoms with Gasteiger partial charge in [0, 0.05) is 19.6 Å². The van der Waals surface area contributed by atoms with Gasteiger partial charge < -0.3 is 33.9 Å². The van der Waals surface area contributed by atoms with Crippen molar-refractivity contribution in [3.05, 3.63) is 35.8 Å². The zero-order valence-electron chi connectivity index (χ0n) is 18.3. The highest BCUT2D eigenvalue weighted by Crippen LogP contribution is 2.36. The number of ether oxygens (including phenoxy) is 5. The molecule has 182 valence electrons. The minimum Gasteiger partial charge on any atom is -0.493 e. The van der Waals surface area contributed by atoms with Gasteiger partial charge >= 0.3 is 5.97 Å². The van der Waals surface area contributed by atoms with E-state index in [1.54, 1.807) is 12.2 Å². The highest BCUT2D eigenvalue weighted by molar-refractivity contribution is 5.96. The summed E-state index contributed by atoms with van der Waals surface area (Å²) >= 11 is 0. The second kappa shape index (κ2) is 10.3. The average Bonchev–Trinajstić information content (AvgIpc) is 2.80. The zero-order chi connectivity index (χ0) is 23.5. The topological polar surface area (TPSA) is 139 Å². The summed E-state index contributed by atoms with van der Waals surface area (Å²) in [6.45, 7) is -0.193. The fraction of sp³-hybridized carbons (Fsp3) is 0.636. The van der Waals surface area contributed by atoms with E-state index in [2.05, 4.69) is 0 Å². The molecule has 0 aromatic carbocycles. The fourth-order valence-corrected chi connectivity index (χ4v) is 4.08. The normalized spacial score (nSPS) is 37.9. The van der Waals surface area contributed by atoms with Crippen molar-refractivity contribution in [3.63, 3.8) is 0 Å². The van der Waals surface area contributed by atoms with Gasteiger partial charge in [-0.3, -0.25) is 9.59 Å². The fourth-order valence-electron chi connectivity index (χ4n) is 4.08. The number of fused-ring (bicyclic) bond motifs is 1. The van der Waals surface area contributed by atoms with Gasteiger partial charge in [0.15, 0.2) is 29.5 Å². The standard InChI is InChI=1S/C22H28O11/c1-27-15-8-12(4-5-13(15)24)21(26)29-10-17-19-20(33-32-19)18(25)22(31-17)30-14-6-3-11(9-23)7-16(14)28-2/h4-7,11-12,15,17-20,22-23,25H,3,8-10H2,1-2H3. The number of aliphatic hydroxyl groups excluding tert-OH is 2. The van der Waals surface area contributed by atoms with E-state index in [9.17, 15) is 19.8 Å². The molecule has 4 aliphatic rings. The van der Waals surface area contributed by atoms with Crippen molar-refractivity contribution in [3.8, 4) is 0 Å². The van der Waals surface area contributed by atoms with E-state index in [1.807, 2.05) is 0 Å². The molecule has 2 aliphatic heterocycles. The first-order valence-corrected chi connectivity index (χ1v) is 10.8. The summed E-state index contributed by atoms with van der Waals surface area (Å²) in [6.07, 6.45) is 1.96. The third kappa shape index (κ3) is 4.98. The van der Waals surface area contributed by atoms with E-state index in [4.69, 9.17) is 33.5 Å². The predicted octanol–water partition coefficient (Wildman–Crippen LogP) is -0.0824. The van der Waals surface area contributed by atoms with Crippen LogP contribution in [0.25, 0.3) is 0 Å². The number of carbonyl (C=O) groups is 2. The van der Waals surface area contributed by atoms with Crippen LogP contribution in [-0.2, 0) is 43.0 Å². The Morgan fingerprint density at radius 3 is 2.67 bits per heavy atom. The maximum absolute atomic E-state index is 12.5. The molecule has 8 atom stereocenters. The van der Waals surface area contributed by atoms with E-state index in [1.165, 1.54) is 26.4 Å². The van der Waals surface area contributed by atoms with Crippen LogP contribution in [0.3, 0.4) is 0 Å². The minimum atomic E-state index is -1.15. The van der Waals surface area contributed by atoms with Crippen LogP contribution in [0.5, 0.6) is 0 Å². The van der Waals surface area contributed by atoms with Gasteiger partial charge in [0.1, 0.15) is 24.9 Å². The smallest absolute Gasteiger partial charge is 0.313 e. The molecule has 8 unspecified atom stereocenters. The second-order valence-electron chi connectivity index (χ2n) is 8.21. The Hall–Kier alpha value is -2.28. The molecular formula is C22H28O11. The lowest BCUT2D eigenvalue weighted by Crippen LogP contribution is -2.66. The maximum atomic E-state index is 12.5. The van der Waals surface area contributed by atoms with Crippen LogP contribution in [0.15, 0.2) is 35.8 Å². The molecule has 33 heavy (non-hydrogen) atoms. The lowest BCUT2D eigenvalue weighted by molar-refractivity contribution is -0.519. The Labute approximate surface area is 190 Å². The van der Waals surface area contributed by atoms with E-state index in [0.717, 1.165) is 0 Å². The lowest BCUT2D eigenvalue weighted by Gasteiger charge is -2.48. The molecule has 2 N–H and O–H groups in total. The van der Waals surface area contributed by atoms with Crippen LogP contribution < -0.4 is 0 Å². The number of methoxy groups -OCH3 is 2. The molecule has 2 fully saturated rings. The molecule has 0 saturated carbocycles. The second-order valence-corrected chi connectivity index (χ2v) is 8.21. The van der Waals surface area contributed by atoms with Crippen LogP contribution in [0.2, 0.25) is 0 Å². The van der Waals surface area contributed by atoms with Gasteiger partial charge in [-0.2, -0.15) is 0 Å². The van der Waals surface area contributed by atoms with Gasteiger partial charge in [0.05, 0.1) is 13.0 Å². The highest BCUT2D eigenvalue weighted by atomic mass is 17.3. The van der Waals surface area contributed by atoms with E-state index < -0.39 is 48.7 Å². The van der Waals surface area contributed by atoms with Crippen molar-refractivity contribution < 1.29 is 53.3 Å². The molecule has 0 spiro atoms. The zero-order valence-corrected chi connectivity index (χ0v) is 18.3. The number of carbonyl (C=O) groups excluding carboxylic acids is 2. The van der Waals surface area contributed by atoms with Crippen LogP contribution >= 0.6 is 0 Å². The number of hydrogen-bond donors (Lipinski definition) is 2. The predicted molar refractivity (Wildman–Crippen MR) is 108 cm³/mol. The van der Waals surface area contributed by atoms with Crippen molar-refractivity contribution in [2.75, 3.05) is 27.4 Å². The molecule has 11 nitrogen and oxygen atoms in total. The number of aliphatic hydroxyl groups is 2. The van der Waals surface area contributed by atoms with Crippen molar-refractivity contribution in [2.24, 2.45) is 11.8 Å². The Kier molecular flexibility index (Phi) is 7.47. The molecule has 2 aliphatic carbocycles. The Balaban J connectivity index is 1.37. The third-order valence-corrected chi connectivity index (χ3v) is 6.08. The largest absolute Gasteiger partial charge is 0.493 e. The summed E-state index contributed by atoms with van der Waals surface area (Å²) in [5.41, 5.74) is 0. The average molecular weight is 468 g/mol. The number of esters is 1. The first-order valence-electron chi connectivity index (χ1n) is 10.8. The van der Waals surface area contributed by atoms with Crippen LogP contribution in [0, 0.1) is 11.8 Å². The maximum Gasteiger partial charge on any atom is 0.313 e. The molecule has 0 amide bonds. The van der Waals surface area contributed by atoms with Crippen LogP contribution in [0.4, 0.5) is 0 Å². The van der Waals surface area contributed by atoms with E-state index in [0.29, 0.717) is 17.9 Å². The van der Waals surface area contributed by atoms with Crippen molar-refractivity contribution in [1.82, 2.24) is 0 Å². The van der Waals surface area contributed by atoms with E-state index >= 15 is 0 Å². The molecule has 0 bridgehead atoms. The van der Waals surface area contributed by atoms with Crippen LogP contribution in [-0.4, -0.2) is 86.2 Å². The van der Waals surface area contributed by atoms with Crippen LogP contribution in [0.1, 0.15) is 12.8 Å². The Bertz CT molecular complexity index is 834. The number of rotatable bonds is 8. The summed E-state index contributed by atoms with van der Waals surface area (Å²) in [7, 11) is 2.89. The van der Waals surface area contributed by atoms with Gasteiger partial charge in [-0.15, -0.1) is 0 Å². The van der Waals surface area contributed by atoms with Crippen molar-refractivity contribution >= 4 is 11.8 Å². The third-order valence-electron chi connectivity index (χ3n) is 6.08. The molecule has 0 aromatic heterocycles. The molecule has 0 aromatic rings. The van der Waals surface area contributed by atoms with Gasteiger partial charge in [0.2, 0.25) is 6.29 Å². The number of allylic oxidation sites excluding steroid dienone is 1. The molecular weight excluding hydrogens is 440 g/mol. The van der Waals surface area contributed by atoms with Gasteiger partial charge in [-0.25, -0.2) is 9.78 Å². The highest BCUT2D eigenvalue weighted by Gasteiger charge is 2.55. The first kappa shape index (κ1) is 23.9. The molecule has 2 saturated heterocycles. The Morgan fingerprint density at radius 1 is 1.21 bits per heavy atom. The summed E-state index contributed by atoms with van der Waals surface area (Å²) in [5, 5.41) is 19.9. The molecule has 0 radical (unpaired) electrons. The summed E-state index contributed by atoms with van der Waals surface area (Å²) in [4.78, 5) is 34.3. The van der Waals surface area contributed by atoms with Gasteiger partial charge in [-0.1, -0.05) is 6.08 Å². The summed E-state index contributed by atoms with van der Waals surface area (Å²) in [5.74, 6) is -0.655. The molecule has 2 heterocycles. The SMILES string of the molecule is COC1=CC(CO)CC=C1OC1OC(COC(=O)C2C=CC(=O)C(OC)C2)C2OOC2C1O. The van der Waals surface area contributed by atoms with E-state index in [-0.39, 0.29) is 31.3 Å².